The number of carbonyl (C=O) groups excluding carboxylic acids is 2. The van der Waals surface area contributed by atoms with Crippen LogP contribution in [0.3, 0.4) is 0 Å². The average Bonchev–Trinajstić information content (AvgIpc) is 3.17. The van der Waals surface area contributed by atoms with Gasteiger partial charge in [-0.3, -0.25) is 14.2 Å². The number of carbonyl (C=O) groups is 2. The normalized spacial score (nSPS) is 15.5. The molecule has 3 aromatic rings. The molecule has 1 aromatic heterocycles. The third-order valence-corrected chi connectivity index (χ3v) is 7.07. The molecule has 1 saturated heterocycles. The lowest BCUT2D eigenvalue weighted by atomic mass is 10.0. The Hall–Kier alpha value is -2.71. The lowest BCUT2D eigenvalue weighted by Crippen LogP contribution is -2.51. The number of amides is 2. The van der Waals surface area contributed by atoms with Gasteiger partial charge in [0.05, 0.1) is 21.6 Å². The first-order valence-corrected chi connectivity index (χ1v) is 12.8. The van der Waals surface area contributed by atoms with E-state index in [2.05, 4.69) is 10.3 Å². The number of aromatic amines is 1. The second-order valence-corrected chi connectivity index (χ2v) is 9.55. The number of fused-ring (bicyclic) bond motifs is 1. The van der Waals surface area contributed by atoms with E-state index in [0.717, 1.165) is 16.8 Å². The smallest absolute Gasteiger partial charge is 0.326 e. The molecule has 2 amide bonds. The Balaban J connectivity index is 1.44. The average molecular weight is 487 g/mol. The number of likely N-dealkylation sites (tertiary alicyclic amines) is 1. The van der Waals surface area contributed by atoms with Crippen molar-refractivity contribution in [3.63, 3.8) is 0 Å². The van der Waals surface area contributed by atoms with Crippen molar-refractivity contribution in [2.75, 3.05) is 25.1 Å². The number of benzene rings is 2. The van der Waals surface area contributed by atoms with Gasteiger partial charge in [-0.15, -0.1) is 0 Å². The maximum absolute atomic E-state index is 13.3. The maximum atomic E-state index is 13.3. The predicted molar refractivity (Wildman–Crippen MR) is 133 cm³/mol. The molecule has 0 bridgehead atoms. The highest BCUT2D eigenvalue weighted by atomic mass is 35.5. The zero-order valence-electron chi connectivity index (χ0n) is 18.4. The second kappa shape index (κ2) is 10.5. The SMILES string of the molecule is CSCCC(NC(=O)c1ccccc1Cl)C(=O)N1CCC(n2c(=O)[nH]c3ccccc32)CC1. The van der Waals surface area contributed by atoms with Crippen molar-refractivity contribution < 1.29 is 9.59 Å². The van der Waals surface area contributed by atoms with E-state index in [1.807, 2.05) is 35.1 Å². The zero-order chi connectivity index (χ0) is 23.4. The van der Waals surface area contributed by atoms with Gasteiger partial charge in [0.25, 0.3) is 5.91 Å². The van der Waals surface area contributed by atoms with Crippen LogP contribution in [0.4, 0.5) is 0 Å². The van der Waals surface area contributed by atoms with Crippen LogP contribution in [0.2, 0.25) is 5.02 Å². The summed E-state index contributed by atoms with van der Waals surface area (Å²) >= 11 is 7.80. The molecule has 7 nitrogen and oxygen atoms in total. The molecule has 0 saturated carbocycles. The second-order valence-electron chi connectivity index (χ2n) is 8.16. The van der Waals surface area contributed by atoms with E-state index >= 15 is 0 Å². The number of piperidine rings is 1. The molecule has 1 aliphatic rings. The van der Waals surface area contributed by atoms with E-state index in [1.54, 1.807) is 40.9 Å². The summed E-state index contributed by atoms with van der Waals surface area (Å²) in [6.07, 6.45) is 3.88. The van der Waals surface area contributed by atoms with Gasteiger partial charge in [0.2, 0.25) is 5.91 Å². The maximum Gasteiger partial charge on any atom is 0.326 e. The molecule has 0 aliphatic carbocycles. The summed E-state index contributed by atoms with van der Waals surface area (Å²) in [5.41, 5.74) is 1.95. The first-order chi connectivity index (χ1) is 16.0. The standard InChI is InChI=1S/C24H27ClN4O3S/c1-33-15-12-20(26-22(30)17-6-2-3-7-18(17)25)23(31)28-13-10-16(11-14-28)29-21-9-5-4-8-19(21)27-24(29)32/h2-9,16,20H,10-15H2,1H3,(H,26,30)(H,27,32). The van der Waals surface area contributed by atoms with Gasteiger partial charge in [0.15, 0.2) is 0 Å². The highest BCUT2D eigenvalue weighted by Crippen LogP contribution is 2.25. The van der Waals surface area contributed by atoms with Crippen LogP contribution in [0, 0.1) is 0 Å². The molecule has 1 aliphatic heterocycles. The van der Waals surface area contributed by atoms with Crippen LogP contribution in [0.25, 0.3) is 11.0 Å². The van der Waals surface area contributed by atoms with E-state index in [4.69, 9.17) is 11.6 Å². The summed E-state index contributed by atoms with van der Waals surface area (Å²) < 4.78 is 1.81. The molecule has 0 spiro atoms. The third-order valence-electron chi connectivity index (χ3n) is 6.10. The number of H-pyrrole nitrogens is 1. The van der Waals surface area contributed by atoms with Crippen LogP contribution in [0.1, 0.15) is 35.7 Å². The van der Waals surface area contributed by atoms with Crippen LogP contribution >= 0.6 is 23.4 Å². The lowest BCUT2D eigenvalue weighted by Gasteiger charge is -2.35. The van der Waals surface area contributed by atoms with E-state index in [0.29, 0.717) is 42.9 Å². The zero-order valence-corrected chi connectivity index (χ0v) is 20.0. The Bertz CT molecular complexity index is 1200. The van der Waals surface area contributed by atoms with Crippen molar-refractivity contribution in [2.24, 2.45) is 0 Å². The van der Waals surface area contributed by atoms with Gasteiger partial charge in [-0.05, 0) is 55.5 Å². The number of nitrogens with one attached hydrogen (secondary N) is 2. The summed E-state index contributed by atoms with van der Waals surface area (Å²) in [7, 11) is 0. The number of hydrogen-bond acceptors (Lipinski definition) is 4. The van der Waals surface area contributed by atoms with Crippen molar-refractivity contribution in [3.05, 3.63) is 69.6 Å². The molecular weight excluding hydrogens is 460 g/mol. The van der Waals surface area contributed by atoms with Crippen molar-refractivity contribution in [1.82, 2.24) is 19.8 Å². The number of para-hydroxylation sites is 2. The topological polar surface area (TPSA) is 87.2 Å². The fourth-order valence-corrected chi connectivity index (χ4v) is 5.07. The van der Waals surface area contributed by atoms with Crippen molar-refractivity contribution >= 4 is 46.2 Å². The number of nitrogens with zero attached hydrogens (tertiary/aromatic N) is 2. The summed E-state index contributed by atoms with van der Waals surface area (Å²) in [5, 5.41) is 3.25. The van der Waals surface area contributed by atoms with Gasteiger partial charge in [-0.1, -0.05) is 35.9 Å². The van der Waals surface area contributed by atoms with Crippen molar-refractivity contribution in [1.29, 1.82) is 0 Å². The molecule has 1 unspecified atom stereocenters. The van der Waals surface area contributed by atoms with Crippen molar-refractivity contribution in [2.45, 2.75) is 31.3 Å². The Morgan fingerprint density at radius 2 is 1.85 bits per heavy atom. The van der Waals surface area contributed by atoms with Gasteiger partial charge in [-0.25, -0.2) is 4.79 Å². The van der Waals surface area contributed by atoms with Gasteiger partial charge in [-0.2, -0.15) is 11.8 Å². The summed E-state index contributed by atoms with van der Waals surface area (Å²) in [4.78, 5) is 43.3. The first kappa shape index (κ1) is 23.4. The number of rotatable bonds is 7. The monoisotopic (exact) mass is 486 g/mol. The molecule has 4 rings (SSSR count). The molecule has 1 atom stereocenters. The van der Waals surface area contributed by atoms with Crippen LogP contribution < -0.4 is 11.0 Å². The Labute approximate surface area is 201 Å². The number of imidazole rings is 1. The van der Waals surface area contributed by atoms with Crippen LogP contribution in [0.5, 0.6) is 0 Å². The molecule has 2 aromatic carbocycles. The Morgan fingerprint density at radius 1 is 1.15 bits per heavy atom. The van der Waals surface area contributed by atoms with Crippen LogP contribution in [-0.2, 0) is 4.79 Å². The molecule has 9 heteroatoms. The Kier molecular flexibility index (Phi) is 7.45. The molecular formula is C24H27ClN4O3S. The molecule has 0 radical (unpaired) electrons. The summed E-state index contributed by atoms with van der Waals surface area (Å²) in [6.45, 7) is 1.07. The highest BCUT2D eigenvalue weighted by molar-refractivity contribution is 7.98. The van der Waals surface area contributed by atoms with Gasteiger partial charge in [0.1, 0.15) is 6.04 Å². The quantitative estimate of drug-likeness (QED) is 0.533. The molecule has 2 heterocycles. The molecule has 33 heavy (non-hydrogen) atoms. The van der Waals surface area contributed by atoms with Gasteiger partial charge >= 0.3 is 5.69 Å². The van der Waals surface area contributed by atoms with E-state index < -0.39 is 6.04 Å². The number of thioether (sulfide) groups is 1. The van der Waals surface area contributed by atoms with E-state index in [1.165, 1.54) is 0 Å². The fourth-order valence-electron chi connectivity index (χ4n) is 4.38. The van der Waals surface area contributed by atoms with Crippen LogP contribution in [-0.4, -0.2) is 57.4 Å². The highest BCUT2D eigenvalue weighted by Gasteiger charge is 2.31. The number of halogens is 1. The number of hydrogen-bond donors (Lipinski definition) is 2. The Morgan fingerprint density at radius 3 is 2.58 bits per heavy atom. The summed E-state index contributed by atoms with van der Waals surface area (Å²) in [5.74, 6) is 0.315. The molecule has 174 valence electrons. The minimum absolute atomic E-state index is 0.0278. The van der Waals surface area contributed by atoms with Crippen molar-refractivity contribution in [3.8, 4) is 0 Å². The largest absolute Gasteiger partial charge is 0.341 e. The third kappa shape index (κ3) is 5.12. The van der Waals surface area contributed by atoms with E-state index in [-0.39, 0.29) is 23.5 Å². The van der Waals surface area contributed by atoms with Gasteiger partial charge in [0, 0.05) is 19.1 Å². The summed E-state index contributed by atoms with van der Waals surface area (Å²) in [6, 6.07) is 13.9. The van der Waals surface area contributed by atoms with Gasteiger partial charge < -0.3 is 15.2 Å². The minimum atomic E-state index is -0.617. The van der Waals surface area contributed by atoms with Crippen LogP contribution in [0.15, 0.2) is 53.3 Å². The minimum Gasteiger partial charge on any atom is -0.341 e. The molecule has 2 N–H and O–H groups in total. The number of aromatic nitrogens is 2. The predicted octanol–water partition coefficient (Wildman–Crippen LogP) is 3.70. The fraction of sp³-hybridized carbons (Fsp3) is 0.375. The first-order valence-electron chi connectivity index (χ1n) is 11.0. The molecule has 1 fully saturated rings. The lowest BCUT2D eigenvalue weighted by molar-refractivity contribution is -0.134. The van der Waals surface area contributed by atoms with E-state index in [9.17, 15) is 14.4 Å².